The zero-order valence-electron chi connectivity index (χ0n) is 10.5. The van der Waals surface area contributed by atoms with E-state index in [1.165, 1.54) is 0 Å². The molecule has 2 unspecified atom stereocenters. The van der Waals surface area contributed by atoms with Gasteiger partial charge in [0, 0.05) is 13.6 Å². The number of anilines is 1. The Labute approximate surface area is 108 Å². The summed E-state index contributed by atoms with van der Waals surface area (Å²) in [6.07, 6.45) is -0.123. The molecule has 0 fully saturated rings. The molecular formula is C13H20ClNO2. The van der Waals surface area contributed by atoms with Gasteiger partial charge in [-0.1, -0.05) is 17.7 Å². The highest BCUT2D eigenvalue weighted by Crippen LogP contribution is 2.28. The Morgan fingerprint density at radius 2 is 1.94 bits per heavy atom. The van der Waals surface area contributed by atoms with Crippen LogP contribution in [0.4, 0.5) is 5.69 Å². The van der Waals surface area contributed by atoms with Gasteiger partial charge in [0.1, 0.15) is 0 Å². The molecule has 2 atom stereocenters. The van der Waals surface area contributed by atoms with Gasteiger partial charge in [-0.25, -0.2) is 0 Å². The summed E-state index contributed by atoms with van der Waals surface area (Å²) in [6, 6.07) is 5.54. The molecule has 3 nitrogen and oxygen atoms in total. The molecule has 0 aliphatic heterocycles. The number of rotatable bonds is 5. The van der Waals surface area contributed by atoms with E-state index in [4.69, 9.17) is 11.6 Å². The first-order chi connectivity index (χ1) is 7.91. The predicted octanol–water partition coefficient (Wildman–Crippen LogP) is 2.60. The summed E-state index contributed by atoms with van der Waals surface area (Å²) in [5, 5.41) is 19.3. The molecule has 1 aromatic carbocycles. The average Bonchev–Trinajstić information content (AvgIpc) is 2.25. The van der Waals surface area contributed by atoms with E-state index >= 15 is 0 Å². The van der Waals surface area contributed by atoms with Crippen LogP contribution in [0, 0.1) is 0 Å². The van der Waals surface area contributed by atoms with Gasteiger partial charge in [0.05, 0.1) is 22.9 Å². The van der Waals surface area contributed by atoms with Gasteiger partial charge in [0.25, 0.3) is 0 Å². The van der Waals surface area contributed by atoms with Gasteiger partial charge in [-0.2, -0.15) is 0 Å². The largest absolute Gasteiger partial charge is 0.393 e. The lowest BCUT2D eigenvalue weighted by molar-refractivity contribution is 0.187. The zero-order valence-corrected chi connectivity index (χ0v) is 11.3. The molecule has 0 aromatic heterocycles. The number of aliphatic hydroxyl groups is 2. The lowest BCUT2D eigenvalue weighted by Gasteiger charge is -2.22. The van der Waals surface area contributed by atoms with Crippen LogP contribution in [0.25, 0.3) is 0 Å². The van der Waals surface area contributed by atoms with Crippen molar-refractivity contribution in [2.45, 2.75) is 32.5 Å². The lowest BCUT2D eigenvalue weighted by Crippen LogP contribution is -2.22. The van der Waals surface area contributed by atoms with Crippen LogP contribution in [0.2, 0.25) is 5.02 Å². The summed E-state index contributed by atoms with van der Waals surface area (Å²) in [4.78, 5) is 2.00. The van der Waals surface area contributed by atoms with Crippen LogP contribution in [0.5, 0.6) is 0 Å². The first-order valence-electron chi connectivity index (χ1n) is 5.78. The number of aliphatic hydroxyl groups excluding tert-OH is 2. The van der Waals surface area contributed by atoms with E-state index in [2.05, 4.69) is 0 Å². The molecule has 0 saturated carbocycles. The van der Waals surface area contributed by atoms with Crippen molar-refractivity contribution in [2.75, 3.05) is 18.5 Å². The molecule has 4 heteroatoms. The third-order valence-electron chi connectivity index (χ3n) is 2.75. The number of hydrogen-bond acceptors (Lipinski definition) is 3. The minimum atomic E-state index is -0.510. The highest BCUT2D eigenvalue weighted by molar-refractivity contribution is 6.33. The summed E-state index contributed by atoms with van der Waals surface area (Å²) < 4.78 is 0. The second-order valence-corrected chi connectivity index (χ2v) is 4.85. The van der Waals surface area contributed by atoms with Gasteiger partial charge >= 0.3 is 0 Å². The van der Waals surface area contributed by atoms with Crippen molar-refractivity contribution in [3.05, 3.63) is 28.8 Å². The molecular weight excluding hydrogens is 238 g/mol. The summed E-state index contributed by atoms with van der Waals surface area (Å²) in [5.74, 6) is 0. The number of hydrogen-bond donors (Lipinski definition) is 2. The second kappa shape index (κ2) is 6.24. The van der Waals surface area contributed by atoms with Crippen LogP contribution in [0.15, 0.2) is 18.2 Å². The van der Waals surface area contributed by atoms with Crippen molar-refractivity contribution in [1.29, 1.82) is 0 Å². The quantitative estimate of drug-likeness (QED) is 0.852. The maximum Gasteiger partial charge on any atom is 0.0762 e. The molecule has 0 aliphatic carbocycles. The van der Waals surface area contributed by atoms with Crippen molar-refractivity contribution in [3.63, 3.8) is 0 Å². The molecule has 0 aliphatic rings. The minimum Gasteiger partial charge on any atom is -0.393 e. The van der Waals surface area contributed by atoms with Gasteiger partial charge in [-0.15, -0.1) is 0 Å². The number of benzene rings is 1. The van der Waals surface area contributed by atoms with E-state index in [9.17, 15) is 10.2 Å². The summed E-state index contributed by atoms with van der Waals surface area (Å²) in [6.45, 7) is 4.22. The van der Waals surface area contributed by atoms with E-state index in [0.29, 0.717) is 11.4 Å². The summed E-state index contributed by atoms with van der Waals surface area (Å²) in [7, 11) is 1.94. The van der Waals surface area contributed by atoms with Gasteiger partial charge in [0.2, 0.25) is 0 Å². The van der Waals surface area contributed by atoms with Crippen molar-refractivity contribution in [1.82, 2.24) is 0 Å². The monoisotopic (exact) mass is 257 g/mol. The van der Waals surface area contributed by atoms with E-state index in [0.717, 1.165) is 17.8 Å². The Morgan fingerprint density at radius 3 is 2.41 bits per heavy atom. The molecule has 96 valence electrons. The predicted molar refractivity (Wildman–Crippen MR) is 71.7 cm³/mol. The lowest BCUT2D eigenvalue weighted by atomic mass is 10.1. The van der Waals surface area contributed by atoms with E-state index in [1.54, 1.807) is 19.9 Å². The Balaban J connectivity index is 2.77. The highest BCUT2D eigenvalue weighted by atomic mass is 35.5. The van der Waals surface area contributed by atoms with E-state index < -0.39 is 6.10 Å². The van der Waals surface area contributed by atoms with Crippen molar-refractivity contribution in [3.8, 4) is 0 Å². The van der Waals surface area contributed by atoms with Gasteiger partial charge in [0.15, 0.2) is 0 Å². The SMILES string of the molecule is CC(O)CCN(C)c1ccc(C(C)O)cc1Cl. The topological polar surface area (TPSA) is 43.7 Å². The Morgan fingerprint density at radius 1 is 1.29 bits per heavy atom. The fourth-order valence-corrected chi connectivity index (χ4v) is 1.93. The van der Waals surface area contributed by atoms with Gasteiger partial charge in [-0.3, -0.25) is 0 Å². The fourth-order valence-electron chi connectivity index (χ4n) is 1.59. The van der Waals surface area contributed by atoms with Crippen LogP contribution in [-0.2, 0) is 0 Å². The molecule has 17 heavy (non-hydrogen) atoms. The normalized spacial score (nSPS) is 14.5. The van der Waals surface area contributed by atoms with Crippen LogP contribution < -0.4 is 4.90 Å². The van der Waals surface area contributed by atoms with Crippen LogP contribution in [0.1, 0.15) is 31.9 Å². The number of nitrogens with zero attached hydrogens (tertiary/aromatic N) is 1. The maximum atomic E-state index is 9.45. The van der Waals surface area contributed by atoms with Crippen LogP contribution >= 0.6 is 11.6 Å². The maximum absolute atomic E-state index is 9.45. The van der Waals surface area contributed by atoms with Gasteiger partial charge < -0.3 is 15.1 Å². The first-order valence-corrected chi connectivity index (χ1v) is 6.16. The molecule has 1 rings (SSSR count). The Kier molecular flexibility index (Phi) is 5.25. The van der Waals surface area contributed by atoms with E-state index in [-0.39, 0.29) is 6.10 Å². The molecule has 0 amide bonds. The number of halogens is 1. The van der Waals surface area contributed by atoms with Crippen molar-refractivity contribution in [2.24, 2.45) is 0 Å². The molecule has 0 saturated heterocycles. The third-order valence-corrected chi connectivity index (χ3v) is 3.05. The van der Waals surface area contributed by atoms with Crippen molar-refractivity contribution < 1.29 is 10.2 Å². The van der Waals surface area contributed by atoms with Crippen molar-refractivity contribution >= 4 is 17.3 Å². The summed E-state index contributed by atoms with van der Waals surface area (Å²) >= 11 is 6.17. The molecule has 0 spiro atoms. The fraction of sp³-hybridized carbons (Fsp3) is 0.538. The van der Waals surface area contributed by atoms with Crippen LogP contribution in [0.3, 0.4) is 0 Å². The molecule has 2 N–H and O–H groups in total. The Bertz CT molecular complexity index is 366. The zero-order chi connectivity index (χ0) is 13.0. The summed E-state index contributed by atoms with van der Waals surface area (Å²) in [5.41, 5.74) is 1.72. The minimum absolute atomic E-state index is 0.312. The molecule has 0 radical (unpaired) electrons. The first kappa shape index (κ1) is 14.3. The smallest absolute Gasteiger partial charge is 0.0762 e. The second-order valence-electron chi connectivity index (χ2n) is 4.45. The van der Waals surface area contributed by atoms with E-state index in [1.807, 2.05) is 24.1 Å². The molecule has 1 aromatic rings. The average molecular weight is 258 g/mol. The van der Waals surface area contributed by atoms with Gasteiger partial charge in [-0.05, 0) is 38.0 Å². The molecule has 0 heterocycles. The Hall–Kier alpha value is -0.770. The van der Waals surface area contributed by atoms with Crippen LogP contribution in [-0.4, -0.2) is 29.9 Å². The molecule has 0 bridgehead atoms. The standard InChI is InChI=1S/C13H20ClNO2/c1-9(16)6-7-15(3)13-5-4-11(10(2)17)8-12(13)14/h4-5,8-10,16-17H,6-7H2,1-3H3. The third kappa shape index (κ3) is 4.19. The highest BCUT2D eigenvalue weighted by Gasteiger charge is 2.09.